The summed E-state index contributed by atoms with van der Waals surface area (Å²) in [4.78, 5) is 16.0. The highest BCUT2D eigenvalue weighted by Gasteiger charge is 2.33. The maximum absolute atomic E-state index is 13.4. The van der Waals surface area contributed by atoms with E-state index in [4.69, 9.17) is 4.74 Å². The molecule has 6 nitrogen and oxygen atoms in total. The van der Waals surface area contributed by atoms with Crippen molar-refractivity contribution in [1.82, 2.24) is 16.0 Å². The second-order valence-electron chi connectivity index (χ2n) is 6.67. The fourth-order valence-electron chi connectivity index (χ4n) is 2.93. The van der Waals surface area contributed by atoms with Gasteiger partial charge < -0.3 is 20.7 Å². The molecule has 1 amide bonds. The summed E-state index contributed by atoms with van der Waals surface area (Å²) in [7, 11) is 2.90. The number of amides is 1. The lowest BCUT2D eigenvalue weighted by molar-refractivity contribution is -0.138. The Labute approximate surface area is 203 Å². The quantitative estimate of drug-likeness (QED) is 0.258. The molecule has 0 fully saturated rings. The summed E-state index contributed by atoms with van der Waals surface area (Å²) in [5.74, 6) is 0.391. The first kappa shape index (κ1) is 27.5. The predicted molar refractivity (Wildman–Crippen MR) is 130 cm³/mol. The molecule has 0 bridgehead atoms. The first-order valence-corrected chi connectivity index (χ1v) is 9.85. The second-order valence-corrected chi connectivity index (χ2v) is 6.67. The van der Waals surface area contributed by atoms with Crippen LogP contribution in [0.1, 0.15) is 34.0 Å². The Balaban J connectivity index is 0.00000512. The molecule has 0 radical (unpaired) electrons. The molecule has 0 aromatic heterocycles. The van der Waals surface area contributed by atoms with Crippen LogP contribution in [0.15, 0.2) is 47.5 Å². The van der Waals surface area contributed by atoms with Gasteiger partial charge in [0.05, 0.1) is 19.2 Å². The van der Waals surface area contributed by atoms with Crippen molar-refractivity contribution in [3.8, 4) is 5.75 Å². The lowest BCUT2D eigenvalue weighted by Crippen LogP contribution is -2.38. The zero-order valence-electron chi connectivity index (χ0n) is 18.2. The van der Waals surface area contributed by atoms with Crippen LogP contribution in [0.25, 0.3) is 0 Å². The zero-order chi connectivity index (χ0) is 22.9. The average Bonchev–Trinajstić information content (AvgIpc) is 2.76. The SMILES string of the molecule is CCNC(=NCc1ccc(OC)cc1C(F)(F)F)NCCc1cccc(C(=O)NC)c1.I. The molecule has 0 atom stereocenters. The summed E-state index contributed by atoms with van der Waals surface area (Å²) in [6.07, 6.45) is -3.88. The zero-order valence-corrected chi connectivity index (χ0v) is 20.5. The Hall–Kier alpha value is -2.50. The summed E-state index contributed by atoms with van der Waals surface area (Å²) < 4.78 is 45.0. The summed E-state index contributed by atoms with van der Waals surface area (Å²) >= 11 is 0. The Morgan fingerprint density at radius 3 is 2.50 bits per heavy atom. The van der Waals surface area contributed by atoms with E-state index in [0.717, 1.165) is 11.6 Å². The van der Waals surface area contributed by atoms with Gasteiger partial charge in [0.1, 0.15) is 5.75 Å². The molecule has 0 heterocycles. The molecule has 0 aliphatic carbocycles. The average molecular weight is 564 g/mol. The molecule has 10 heteroatoms. The van der Waals surface area contributed by atoms with Crippen LogP contribution < -0.4 is 20.7 Å². The number of hydrogen-bond acceptors (Lipinski definition) is 3. The van der Waals surface area contributed by atoms with E-state index in [1.165, 1.54) is 19.2 Å². The fourth-order valence-corrected chi connectivity index (χ4v) is 2.93. The minimum atomic E-state index is -4.50. The summed E-state index contributed by atoms with van der Waals surface area (Å²) in [6.45, 7) is 2.80. The van der Waals surface area contributed by atoms with Crippen molar-refractivity contribution >= 4 is 35.8 Å². The Morgan fingerprint density at radius 2 is 1.88 bits per heavy atom. The smallest absolute Gasteiger partial charge is 0.416 e. The van der Waals surface area contributed by atoms with Crippen molar-refractivity contribution in [2.75, 3.05) is 27.2 Å². The molecular weight excluding hydrogens is 536 g/mol. The van der Waals surface area contributed by atoms with Crippen LogP contribution >= 0.6 is 24.0 Å². The predicted octanol–water partition coefficient (Wildman–Crippen LogP) is 3.99. The van der Waals surface area contributed by atoms with E-state index in [0.29, 0.717) is 31.0 Å². The number of methoxy groups -OCH3 is 1. The van der Waals surface area contributed by atoms with Gasteiger partial charge in [0.2, 0.25) is 0 Å². The third kappa shape index (κ3) is 8.21. The lowest BCUT2D eigenvalue weighted by atomic mass is 10.1. The summed E-state index contributed by atoms with van der Waals surface area (Å²) in [6, 6.07) is 11.1. The molecule has 2 aromatic carbocycles. The maximum atomic E-state index is 13.4. The van der Waals surface area contributed by atoms with Gasteiger partial charge in [-0.05, 0) is 48.7 Å². The van der Waals surface area contributed by atoms with Crippen LogP contribution in [-0.4, -0.2) is 39.1 Å². The van der Waals surface area contributed by atoms with E-state index in [1.54, 1.807) is 19.2 Å². The highest BCUT2D eigenvalue weighted by molar-refractivity contribution is 14.0. The van der Waals surface area contributed by atoms with Gasteiger partial charge in [-0.2, -0.15) is 13.2 Å². The summed E-state index contributed by atoms with van der Waals surface area (Å²) in [5.41, 5.74) is 0.819. The van der Waals surface area contributed by atoms with Crippen molar-refractivity contribution < 1.29 is 22.7 Å². The monoisotopic (exact) mass is 564 g/mol. The van der Waals surface area contributed by atoms with Crippen molar-refractivity contribution in [3.63, 3.8) is 0 Å². The number of nitrogens with zero attached hydrogens (tertiary/aromatic N) is 1. The fraction of sp³-hybridized carbons (Fsp3) is 0.364. The molecule has 0 saturated carbocycles. The first-order chi connectivity index (χ1) is 14.8. The number of halogens is 4. The minimum Gasteiger partial charge on any atom is -0.497 e. The van der Waals surface area contributed by atoms with Crippen molar-refractivity contribution in [1.29, 1.82) is 0 Å². The van der Waals surface area contributed by atoms with Gasteiger partial charge in [-0.1, -0.05) is 18.2 Å². The highest BCUT2D eigenvalue weighted by Crippen LogP contribution is 2.34. The largest absolute Gasteiger partial charge is 0.497 e. The lowest BCUT2D eigenvalue weighted by Gasteiger charge is -2.15. The van der Waals surface area contributed by atoms with E-state index in [2.05, 4.69) is 20.9 Å². The van der Waals surface area contributed by atoms with Gasteiger partial charge in [-0.25, -0.2) is 4.99 Å². The van der Waals surface area contributed by atoms with Gasteiger partial charge in [-0.15, -0.1) is 24.0 Å². The number of carbonyl (C=O) groups excluding carboxylic acids is 1. The number of nitrogens with one attached hydrogen (secondary N) is 3. The van der Waals surface area contributed by atoms with Crippen molar-refractivity contribution in [3.05, 3.63) is 64.7 Å². The minimum absolute atomic E-state index is 0. The second kappa shape index (κ2) is 13.1. The number of carbonyl (C=O) groups is 1. The van der Waals surface area contributed by atoms with Crippen LogP contribution in [0, 0.1) is 0 Å². The van der Waals surface area contributed by atoms with E-state index in [9.17, 15) is 18.0 Å². The molecule has 2 aromatic rings. The third-order valence-electron chi connectivity index (χ3n) is 4.50. The molecule has 0 unspecified atom stereocenters. The molecule has 0 aliphatic heterocycles. The van der Waals surface area contributed by atoms with Crippen LogP contribution in [0.3, 0.4) is 0 Å². The molecule has 0 spiro atoms. The number of aliphatic imine (C=N–C) groups is 1. The van der Waals surface area contributed by atoms with Crippen molar-refractivity contribution in [2.45, 2.75) is 26.1 Å². The molecule has 32 heavy (non-hydrogen) atoms. The molecule has 176 valence electrons. The number of hydrogen-bond donors (Lipinski definition) is 3. The summed E-state index contributed by atoms with van der Waals surface area (Å²) in [5, 5.41) is 8.73. The van der Waals surface area contributed by atoms with E-state index in [-0.39, 0.29) is 47.7 Å². The number of rotatable bonds is 8. The Bertz CT molecular complexity index is 920. The molecule has 0 aliphatic rings. The highest BCUT2D eigenvalue weighted by atomic mass is 127. The van der Waals surface area contributed by atoms with E-state index < -0.39 is 11.7 Å². The van der Waals surface area contributed by atoms with Gasteiger partial charge in [0.25, 0.3) is 5.91 Å². The third-order valence-corrected chi connectivity index (χ3v) is 4.50. The topological polar surface area (TPSA) is 74.8 Å². The van der Waals surface area contributed by atoms with Gasteiger partial charge in [0.15, 0.2) is 5.96 Å². The van der Waals surface area contributed by atoms with Crippen LogP contribution in [0.4, 0.5) is 13.2 Å². The normalized spacial score (nSPS) is 11.4. The molecule has 2 rings (SSSR count). The number of ether oxygens (including phenoxy) is 1. The Kier molecular flexibility index (Phi) is 11.3. The van der Waals surface area contributed by atoms with Crippen LogP contribution in [0.5, 0.6) is 5.75 Å². The van der Waals surface area contributed by atoms with Gasteiger partial charge in [-0.3, -0.25) is 4.79 Å². The molecular formula is C22H28F3IN4O2. The molecule has 0 saturated heterocycles. The number of benzene rings is 2. The van der Waals surface area contributed by atoms with Gasteiger partial charge >= 0.3 is 6.18 Å². The maximum Gasteiger partial charge on any atom is 0.416 e. The number of guanidine groups is 1. The first-order valence-electron chi connectivity index (χ1n) is 9.85. The standard InChI is InChI=1S/C22H27F3N4O2.HI/c1-4-27-21(28-11-10-15-6-5-7-16(12-15)20(30)26-2)29-14-17-8-9-18(31-3)13-19(17)22(23,24)25;/h5-9,12-13H,4,10-11,14H2,1-3H3,(H,26,30)(H2,27,28,29);1H. The van der Waals surface area contributed by atoms with Gasteiger partial charge in [0, 0.05) is 25.7 Å². The van der Waals surface area contributed by atoms with E-state index in [1.807, 2.05) is 19.1 Å². The van der Waals surface area contributed by atoms with E-state index >= 15 is 0 Å². The Morgan fingerprint density at radius 1 is 1.12 bits per heavy atom. The number of alkyl halides is 3. The molecule has 3 N–H and O–H groups in total. The van der Waals surface area contributed by atoms with Crippen LogP contribution in [0.2, 0.25) is 0 Å². The van der Waals surface area contributed by atoms with Crippen molar-refractivity contribution in [2.24, 2.45) is 4.99 Å². The van der Waals surface area contributed by atoms with Crippen LogP contribution in [-0.2, 0) is 19.1 Å².